The van der Waals surface area contributed by atoms with Gasteiger partial charge < -0.3 is 24.1 Å². The van der Waals surface area contributed by atoms with Gasteiger partial charge in [-0.2, -0.15) is 0 Å². The number of rotatable bonds is 12. The molecule has 4 unspecified atom stereocenters. The minimum absolute atomic E-state index is 0.00380. The second-order valence-electron chi connectivity index (χ2n) is 16.5. The molecule has 0 radical (unpaired) electrons. The highest BCUT2D eigenvalue weighted by molar-refractivity contribution is 6.01. The zero-order valence-electron chi connectivity index (χ0n) is 31.7. The van der Waals surface area contributed by atoms with E-state index in [0.29, 0.717) is 51.1 Å². The molecule has 3 saturated carbocycles. The third kappa shape index (κ3) is 6.86. The number of benzene rings is 1. The predicted octanol–water partition coefficient (Wildman–Crippen LogP) is 4.30. The van der Waals surface area contributed by atoms with E-state index in [2.05, 4.69) is 32.6 Å². The Kier molecular flexibility index (Phi) is 10.9. The first kappa shape index (κ1) is 38.1. The molecule has 0 amide bonds. The van der Waals surface area contributed by atoms with Crippen molar-refractivity contribution in [2.24, 2.45) is 28.6 Å². The van der Waals surface area contributed by atoms with Crippen LogP contribution in [0.2, 0.25) is 0 Å². The summed E-state index contributed by atoms with van der Waals surface area (Å²) in [6.07, 6.45) is 8.60. The molecule has 9 atom stereocenters. The van der Waals surface area contributed by atoms with Crippen LogP contribution in [0.1, 0.15) is 82.1 Å². The van der Waals surface area contributed by atoms with E-state index in [-0.39, 0.29) is 41.8 Å². The van der Waals surface area contributed by atoms with Gasteiger partial charge in [0.15, 0.2) is 24.3 Å². The van der Waals surface area contributed by atoms with E-state index >= 15 is 0 Å². The number of Topliss-reactive ketones (excluding diaryl/α,β-unsaturated/α-hetero) is 1. The Balaban J connectivity index is 0.942. The number of nitrogens with zero attached hydrogens (tertiary/aromatic N) is 2. The van der Waals surface area contributed by atoms with Crippen molar-refractivity contribution in [3.63, 3.8) is 0 Å². The Bertz CT molecular complexity index is 1630. The Hall–Kier alpha value is -3.22. The molecule has 11 heteroatoms. The van der Waals surface area contributed by atoms with Crippen LogP contribution in [-0.2, 0) is 39.8 Å². The minimum Gasteiger partial charge on any atom is -0.461 e. The van der Waals surface area contributed by atoms with Crippen molar-refractivity contribution in [1.29, 1.82) is 0 Å². The van der Waals surface area contributed by atoms with Crippen LogP contribution in [0.4, 0.5) is 0 Å². The molecule has 4 aliphatic carbocycles. The number of carbonyl (C=O) groups is 4. The summed E-state index contributed by atoms with van der Waals surface area (Å²) >= 11 is 0. The quantitative estimate of drug-likeness (QED) is 0.309. The predicted molar refractivity (Wildman–Crippen MR) is 196 cm³/mol. The van der Waals surface area contributed by atoms with Gasteiger partial charge in [-0.25, -0.2) is 4.79 Å². The fraction of sp³-hybridized carbons (Fsp3) is 0.667. The van der Waals surface area contributed by atoms with Crippen LogP contribution in [0.5, 0.6) is 0 Å². The number of esters is 2. The standard InChI is InChI=1S/C42H56N2O9/c1-5-7-37-52-35-23-32-31-13-12-29-22-30(45)14-15-40(29,3)38(31)33(46)24-41(32,4)42(35,53-37)34(47)26-51-36(48)25-44-18-16-43(17-19-44)20-21-50-39(49)28-10-8-27(6-2)9-11-28/h8-11,14-15,22,31-33,35,37-38,46H,5-7,12-13,16-21,23-26H2,1-4H3/t31?,32?,33-,35+,37?,38?,40-,41-,42+/m0/s1. The summed E-state index contributed by atoms with van der Waals surface area (Å²) in [6, 6.07) is 7.48. The van der Waals surface area contributed by atoms with Gasteiger partial charge in [0.1, 0.15) is 6.61 Å². The van der Waals surface area contributed by atoms with Gasteiger partial charge in [0.2, 0.25) is 5.78 Å². The van der Waals surface area contributed by atoms with Gasteiger partial charge >= 0.3 is 11.9 Å². The monoisotopic (exact) mass is 732 g/mol. The van der Waals surface area contributed by atoms with E-state index in [1.54, 1.807) is 24.3 Å². The maximum Gasteiger partial charge on any atom is 0.338 e. The summed E-state index contributed by atoms with van der Waals surface area (Å²) in [7, 11) is 0. The lowest BCUT2D eigenvalue weighted by Gasteiger charge is -2.59. The van der Waals surface area contributed by atoms with Crippen LogP contribution in [-0.4, -0.2) is 115 Å². The van der Waals surface area contributed by atoms with Crippen molar-refractivity contribution >= 4 is 23.5 Å². The number of piperazine rings is 1. The lowest BCUT2D eigenvalue weighted by Crippen LogP contribution is -2.63. The molecule has 0 spiro atoms. The first-order valence-corrected chi connectivity index (χ1v) is 19.8. The molecule has 2 heterocycles. The molecule has 5 fully saturated rings. The van der Waals surface area contributed by atoms with Crippen molar-refractivity contribution in [3.8, 4) is 0 Å². The Labute approximate surface area is 313 Å². The van der Waals surface area contributed by atoms with E-state index in [0.717, 1.165) is 44.3 Å². The number of ether oxygens (including phenoxy) is 4. The van der Waals surface area contributed by atoms with Gasteiger partial charge in [0.05, 0.1) is 24.3 Å². The number of ketones is 2. The lowest BCUT2D eigenvalue weighted by molar-refractivity contribution is -0.201. The van der Waals surface area contributed by atoms with Gasteiger partial charge in [-0.1, -0.05) is 57.9 Å². The van der Waals surface area contributed by atoms with Crippen LogP contribution in [0, 0.1) is 28.6 Å². The number of hydrogen-bond donors (Lipinski definition) is 1. The van der Waals surface area contributed by atoms with Crippen molar-refractivity contribution in [3.05, 3.63) is 59.2 Å². The van der Waals surface area contributed by atoms with E-state index in [1.165, 1.54) is 5.56 Å². The number of allylic oxidation sites excluding steroid dienone is 4. The molecule has 2 aliphatic heterocycles. The topological polar surface area (TPSA) is 132 Å². The number of carbonyl (C=O) groups excluding carboxylic acids is 4. The molecule has 2 saturated heterocycles. The van der Waals surface area contributed by atoms with Crippen LogP contribution < -0.4 is 0 Å². The summed E-state index contributed by atoms with van der Waals surface area (Å²) in [5.41, 5.74) is 0.327. The average molecular weight is 733 g/mol. The second kappa shape index (κ2) is 15.1. The summed E-state index contributed by atoms with van der Waals surface area (Å²) in [5, 5.41) is 12.0. The SMILES string of the molecule is CCCC1O[C@@H]2CC3C4CCC5=CC(=O)C=C[C@]5(C)C4[C@@H](O)C[C@]3(C)[C@]2(C(=O)COC(=O)CN2CCN(CCOC(=O)c3ccc(CC)cc3)CC2)O1. The molecule has 6 aliphatic rings. The molecule has 1 aromatic carbocycles. The normalized spacial score (nSPS) is 36.5. The van der Waals surface area contributed by atoms with Crippen molar-refractivity contribution in [2.75, 3.05) is 52.5 Å². The van der Waals surface area contributed by atoms with Crippen LogP contribution >= 0.6 is 0 Å². The van der Waals surface area contributed by atoms with E-state index in [9.17, 15) is 24.3 Å². The van der Waals surface area contributed by atoms with Gasteiger partial charge in [-0.15, -0.1) is 0 Å². The fourth-order valence-corrected chi connectivity index (χ4v) is 10.9. The first-order valence-electron chi connectivity index (χ1n) is 19.8. The molecule has 1 N–H and O–H groups in total. The number of aliphatic hydroxyl groups excluding tert-OH is 1. The highest BCUT2D eigenvalue weighted by Gasteiger charge is 2.75. The first-order chi connectivity index (χ1) is 25.4. The highest BCUT2D eigenvalue weighted by Crippen LogP contribution is 2.69. The molecular weight excluding hydrogens is 676 g/mol. The van der Waals surface area contributed by atoms with Crippen LogP contribution in [0.25, 0.3) is 0 Å². The summed E-state index contributed by atoms with van der Waals surface area (Å²) < 4.78 is 24.4. The van der Waals surface area contributed by atoms with Crippen molar-refractivity contribution in [2.45, 2.75) is 96.7 Å². The van der Waals surface area contributed by atoms with E-state index in [1.807, 2.05) is 23.1 Å². The largest absolute Gasteiger partial charge is 0.461 e. The molecule has 53 heavy (non-hydrogen) atoms. The highest BCUT2D eigenvalue weighted by atomic mass is 16.7. The van der Waals surface area contributed by atoms with Gasteiger partial charge in [0, 0.05) is 49.5 Å². The van der Waals surface area contributed by atoms with E-state index < -0.39 is 47.5 Å². The molecule has 288 valence electrons. The second-order valence-corrected chi connectivity index (χ2v) is 16.5. The summed E-state index contributed by atoms with van der Waals surface area (Å²) in [5.74, 6) is -1.01. The number of aryl methyl sites for hydroxylation is 1. The summed E-state index contributed by atoms with van der Waals surface area (Å²) in [4.78, 5) is 56.5. The number of fused-ring (bicyclic) bond motifs is 7. The fourth-order valence-electron chi connectivity index (χ4n) is 10.9. The molecule has 7 rings (SSSR count). The van der Waals surface area contributed by atoms with Crippen LogP contribution in [0.3, 0.4) is 0 Å². The van der Waals surface area contributed by atoms with E-state index in [4.69, 9.17) is 18.9 Å². The zero-order valence-corrected chi connectivity index (χ0v) is 31.7. The Morgan fingerprint density at radius 1 is 1.02 bits per heavy atom. The third-order valence-electron chi connectivity index (χ3n) is 13.6. The minimum atomic E-state index is -1.33. The maximum atomic E-state index is 14.5. The number of aliphatic hydroxyl groups is 1. The van der Waals surface area contributed by atoms with Gasteiger partial charge in [-0.3, -0.25) is 24.2 Å². The average Bonchev–Trinajstić information content (AvgIpc) is 3.63. The molecule has 1 aromatic rings. The maximum absolute atomic E-state index is 14.5. The lowest BCUT2D eigenvalue weighted by atomic mass is 9.46. The van der Waals surface area contributed by atoms with Crippen molar-refractivity contribution < 1.29 is 43.2 Å². The number of hydrogen-bond acceptors (Lipinski definition) is 11. The van der Waals surface area contributed by atoms with Crippen LogP contribution in [0.15, 0.2) is 48.1 Å². The molecule has 0 bridgehead atoms. The summed E-state index contributed by atoms with van der Waals surface area (Å²) in [6.45, 7) is 11.6. The third-order valence-corrected chi connectivity index (χ3v) is 13.6. The molecular formula is C42H56N2O9. The molecule has 0 aromatic heterocycles. The molecule has 11 nitrogen and oxygen atoms in total. The van der Waals surface area contributed by atoms with Gasteiger partial charge in [0.25, 0.3) is 0 Å². The van der Waals surface area contributed by atoms with Crippen molar-refractivity contribution in [1.82, 2.24) is 9.80 Å². The zero-order chi connectivity index (χ0) is 37.5. The Morgan fingerprint density at radius 3 is 2.47 bits per heavy atom. The smallest absolute Gasteiger partial charge is 0.338 e. The van der Waals surface area contributed by atoms with Gasteiger partial charge in [-0.05, 0) is 80.2 Å². The Morgan fingerprint density at radius 2 is 1.75 bits per heavy atom.